The third kappa shape index (κ3) is 37.5. The van der Waals surface area contributed by atoms with Gasteiger partial charge in [-0.1, -0.05) is 142 Å². The fraction of sp³-hybridized carbons (Fsp3) is 0.578. The highest BCUT2D eigenvalue weighted by Gasteiger charge is 2.24. The standard InChI is InChI=1S/C45H75N2O6P/c1-6-8-10-11-12-13-14-15-16-17-18-19-20-21-22-23-24-25-26-27-28-29-30-31-32-33-34-35-37-39-45(49)46-43(44(48)38-36-9-7-2)42-53-54(50,51)52-41-40-47(3,4)5/h8,10,12-13,15-16,18-19,21-22,24-25,27-28,30-31,33-34,43-44,48H,6-7,9,11,14,17,20,23,26,29,32,35-42H2,1-5H3,(H-,46,49,50,51)/b10-8-,13-12-,16-15-,19-18-,22-21-,25-24-,28-27-,31-30-,34-33-. The average Bonchev–Trinajstić information content (AvgIpc) is 3.12. The number of nitrogens with zero attached hydrogens (tertiary/aromatic N) is 1. The molecule has 0 aromatic rings. The minimum Gasteiger partial charge on any atom is -0.756 e. The molecule has 306 valence electrons. The van der Waals surface area contributed by atoms with Crippen LogP contribution in [0.15, 0.2) is 109 Å². The van der Waals surface area contributed by atoms with Gasteiger partial charge in [-0.25, -0.2) is 0 Å². The number of unbranched alkanes of at least 4 members (excludes halogenated alkanes) is 3. The second-order valence-electron chi connectivity index (χ2n) is 14.3. The zero-order valence-corrected chi connectivity index (χ0v) is 35.3. The Morgan fingerprint density at radius 1 is 0.667 bits per heavy atom. The first kappa shape index (κ1) is 51.2. The number of aliphatic hydroxyl groups is 1. The van der Waals surface area contributed by atoms with Crippen LogP contribution in [0.25, 0.3) is 0 Å². The number of amides is 1. The van der Waals surface area contributed by atoms with Crippen molar-refractivity contribution in [2.75, 3.05) is 40.9 Å². The number of allylic oxidation sites excluding steroid dienone is 18. The van der Waals surface area contributed by atoms with E-state index < -0.39 is 20.0 Å². The lowest BCUT2D eigenvalue weighted by Gasteiger charge is -2.30. The van der Waals surface area contributed by atoms with Crippen LogP contribution in [-0.2, 0) is 18.4 Å². The SMILES string of the molecule is CC/C=C\C/C=C\C/C=C\C/C=C\C/C=C\C/C=C\C/C=C\C/C=C\C/C=C\CCCC(=O)NC(COP(=O)([O-])OCC[N+](C)(C)C)C(O)CCCCC. The molecule has 0 aliphatic heterocycles. The first-order valence-electron chi connectivity index (χ1n) is 20.2. The van der Waals surface area contributed by atoms with Crippen molar-refractivity contribution < 1.29 is 32.9 Å². The van der Waals surface area contributed by atoms with Crippen molar-refractivity contribution in [1.29, 1.82) is 0 Å². The minimum atomic E-state index is -4.56. The van der Waals surface area contributed by atoms with Crippen LogP contribution >= 0.6 is 7.82 Å². The van der Waals surface area contributed by atoms with Gasteiger partial charge in [0.05, 0.1) is 39.9 Å². The molecule has 0 aliphatic rings. The third-order valence-electron chi connectivity index (χ3n) is 8.03. The Hall–Kier alpha value is -2.84. The summed E-state index contributed by atoms with van der Waals surface area (Å²) < 4.78 is 22.8. The second kappa shape index (κ2) is 35.8. The molecule has 2 N–H and O–H groups in total. The normalized spacial score (nSPS) is 15.6. The summed E-state index contributed by atoms with van der Waals surface area (Å²) in [7, 11) is 1.23. The summed E-state index contributed by atoms with van der Waals surface area (Å²) in [4.78, 5) is 24.9. The van der Waals surface area contributed by atoms with Crippen LogP contribution < -0.4 is 10.2 Å². The van der Waals surface area contributed by atoms with E-state index in [0.29, 0.717) is 23.9 Å². The van der Waals surface area contributed by atoms with Gasteiger partial charge in [-0.2, -0.15) is 0 Å². The van der Waals surface area contributed by atoms with Gasteiger partial charge in [0.25, 0.3) is 7.82 Å². The average molecular weight is 771 g/mol. The maximum absolute atomic E-state index is 12.6. The molecule has 3 atom stereocenters. The van der Waals surface area contributed by atoms with E-state index in [-0.39, 0.29) is 25.5 Å². The highest BCUT2D eigenvalue weighted by Crippen LogP contribution is 2.38. The first-order chi connectivity index (χ1) is 26.0. The molecule has 0 bridgehead atoms. The Labute approximate surface area is 330 Å². The molecule has 0 rings (SSSR count). The molecule has 0 aromatic heterocycles. The topological polar surface area (TPSA) is 108 Å². The Kier molecular flexibility index (Phi) is 34.0. The number of hydrogen-bond acceptors (Lipinski definition) is 6. The Balaban J connectivity index is 4.16. The molecule has 0 fully saturated rings. The fourth-order valence-electron chi connectivity index (χ4n) is 4.80. The van der Waals surface area contributed by atoms with Crippen LogP contribution in [0.1, 0.15) is 117 Å². The lowest BCUT2D eigenvalue weighted by Crippen LogP contribution is -2.46. The molecule has 0 heterocycles. The molecule has 54 heavy (non-hydrogen) atoms. The monoisotopic (exact) mass is 771 g/mol. The largest absolute Gasteiger partial charge is 0.756 e. The van der Waals surface area contributed by atoms with E-state index in [1.165, 1.54) is 0 Å². The van der Waals surface area contributed by atoms with Gasteiger partial charge in [-0.05, 0) is 77.0 Å². The summed E-state index contributed by atoms with van der Waals surface area (Å²) in [6.07, 6.45) is 51.9. The van der Waals surface area contributed by atoms with Crippen LogP contribution in [0.2, 0.25) is 0 Å². The van der Waals surface area contributed by atoms with Crippen LogP contribution in [0.3, 0.4) is 0 Å². The van der Waals surface area contributed by atoms with Crippen molar-refractivity contribution in [3.05, 3.63) is 109 Å². The van der Waals surface area contributed by atoms with E-state index in [0.717, 1.165) is 83.5 Å². The first-order valence-corrected chi connectivity index (χ1v) is 21.7. The molecule has 0 radical (unpaired) electrons. The van der Waals surface area contributed by atoms with Gasteiger partial charge in [-0.15, -0.1) is 0 Å². The van der Waals surface area contributed by atoms with Gasteiger partial charge in [0.1, 0.15) is 13.2 Å². The molecule has 0 aliphatic carbocycles. The number of nitrogens with one attached hydrogen (secondary N) is 1. The molecule has 0 saturated heterocycles. The van der Waals surface area contributed by atoms with Crippen LogP contribution in [0.4, 0.5) is 0 Å². The van der Waals surface area contributed by atoms with Crippen molar-refractivity contribution in [2.45, 2.75) is 129 Å². The van der Waals surface area contributed by atoms with Gasteiger partial charge in [0.2, 0.25) is 5.91 Å². The number of rotatable bonds is 34. The molecule has 9 heteroatoms. The number of phosphoric ester groups is 1. The minimum absolute atomic E-state index is 0.00750. The van der Waals surface area contributed by atoms with Gasteiger partial charge < -0.3 is 28.8 Å². The second-order valence-corrected chi connectivity index (χ2v) is 15.7. The summed E-state index contributed by atoms with van der Waals surface area (Å²) >= 11 is 0. The number of carbonyl (C=O) groups excluding carboxylic acids is 1. The summed E-state index contributed by atoms with van der Waals surface area (Å²) in [5, 5.41) is 13.5. The lowest BCUT2D eigenvalue weighted by molar-refractivity contribution is -0.870. The van der Waals surface area contributed by atoms with E-state index in [9.17, 15) is 19.4 Å². The van der Waals surface area contributed by atoms with E-state index in [1.54, 1.807) is 0 Å². The summed E-state index contributed by atoms with van der Waals surface area (Å²) in [5.41, 5.74) is 0. The predicted molar refractivity (Wildman–Crippen MR) is 228 cm³/mol. The lowest BCUT2D eigenvalue weighted by atomic mass is 10.0. The van der Waals surface area contributed by atoms with Crippen molar-refractivity contribution in [1.82, 2.24) is 5.32 Å². The number of aliphatic hydroxyl groups excluding tert-OH is 1. The number of hydrogen-bond donors (Lipinski definition) is 2. The van der Waals surface area contributed by atoms with E-state index in [4.69, 9.17) is 9.05 Å². The third-order valence-corrected chi connectivity index (χ3v) is 8.99. The zero-order chi connectivity index (χ0) is 40.0. The highest BCUT2D eigenvalue weighted by atomic mass is 31.2. The quantitative estimate of drug-likeness (QED) is 0.0292. The van der Waals surface area contributed by atoms with Crippen molar-refractivity contribution in [3.63, 3.8) is 0 Å². The fourth-order valence-corrected chi connectivity index (χ4v) is 5.52. The number of quaternary nitrogens is 1. The Morgan fingerprint density at radius 3 is 1.50 bits per heavy atom. The molecule has 8 nitrogen and oxygen atoms in total. The van der Waals surface area contributed by atoms with Crippen LogP contribution in [-0.4, -0.2) is 68.5 Å². The Bertz CT molecular complexity index is 1240. The molecule has 0 saturated carbocycles. The summed E-state index contributed by atoms with van der Waals surface area (Å²) in [5.74, 6) is -0.242. The predicted octanol–water partition coefficient (Wildman–Crippen LogP) is 10.3. The molecule has 0 aromatic carbocycles. The summed E-state index contributed by atoms with van der Waals surface area (Å²) in [6.45, 7) is 4.33. The zero-order valence-electron chi connectivity index (χ0n) is 34.4. The van der Waals surface area contributed by atoms with E-state index in [1.807, 2.05) is 21.1 Å². The van der Waals surface area contributed by atoms with Gasteiger partial charge in [-0.3, -0.25) is 9.36 Å². The van der Waals surface area contributed by atoms with Crippen LogP contribution in [0.5, 0.6) is 0 Å². The maximum atomic E-state index is 12.6. The van der Waals surface area contributed by atoms with Gasteiger partial charge in [0, 0.05) is 6.42 Å². The van der Waals surface area contributed by atoms with Gasteiger partial charge in [0.15, 0.2) is 0 Å². The highest BCUT2D eigenvalue weighted by molar-refractivity contribution is 7.45. The van der Waals surface area contributed by atoms with E-state index in [2.05, 4.69) is 129 Å². The molecular weight excluding hydrogens is 695 g/mol. The molecule has 0 spiro atoms. The van der Waals surface area contributed by atoms with Crippen molar-refractivity contribution in [2.24, 2.45) is 0 Å². The van der Waals surface area contributed by atoms with E-state index >= 15 is 0 Å². The molecule has 3 unspecified atom stereocenters. The maximum Gasteiger partial charge on any atom is 0.268 e. The molecular formula is C45H75N2O6P. The molecule has 1 amide bonds. The van der Waals surface area contributed by atoms with Gasteiger partial charge >= 0.3 is 0 Å². The van der Waals surface area contributed by atoms with Crippen molar-refractivity contribution in [3.8, 4) is 0 Å². The smallest absolute Gasteiger partial charge is 0.268 e. The Morgan fingerprint density at radius 2 is 1.09 bits per heavy atom. The number of phosphoric acid groups is 1. The number of carbonyl (C=O) groups is 1. The van der Waals surface area contributed by atoms with Crippen molar-refractivity contribution >= 4 is 13.7 Å². The summed E-state index contributed by atoms with van der Waals surface area (Å²) in [6, 6.07) is -0.834. The van der Waals surface area contributed by atoms with Crippen LogP contribution in [0, 0.1) is 0 Å². The number of likely N-dealkylation sites (N-methyl/N-ethyl adjacent to an activating group) is 1.